The Morgan fingerprint density at radius 1 is 1.16 bits per heavy atom. The predicted octanol–water partition coefficient (Wildman–Crippen LogP) is 2.88. The molecule has 19 heavy (non-hydrogen) atoms. The summed E-state index contributed by atoms with van der Waals surface area (Å²) in [5.74, 6) is -2.43. The summed E-state index contributed by atoms with van der Waals surface area (Å²) in [5, 5.41) is 8.56. The molecule has 0 spiro atoms. The van der Waals surface area contributed by atoms with E-state index in [4.69, 9.17) is 5.26 Å². The van der Waals surface area contributed by atoms with Crippen molar-refractivity contribution < 1.29 is 35.8 Å². The zero-order valence-corrected chi connectivity index (χ0v) is 9.06. The minimum absolute atomic E-state index is 0.174. The average Bonchev–Trinajstić information content (AvgIpc) is 2.24. The zero-order chi connectivity index (χ0) is 14.8. The fourth-order valence-corrected chi connectivity index (χ4v) is 1.11. The van der Waals surface area contributed by atoms with Crippen LogP contribution in [0.25, 0.3) is 0 Å². The van der Waals surface area contributed by atoms with E-state index >= 15 is 0 Å². The molecule has 0 aliphatic rings. The second kappa shape index (κ2) is 4.83. The quantitative estimate of drug-likeness (QED) is 0.784. The molecule has 0 saturated carbocycles. The van der Waals surface area contributed by atoms with Gasteiger partial charge in [0.1, 0.15) is 17.2 Å². The van der Waals surface area contributed by atoms with Crippen LogP contribution in [0.15, 0.2) is 6.07 Å². The Kier molecular flexibility index (Phi) is 3.78. The lowest BCUT2D eigenvalue weighted by Gasteiger charge is -2.15. The van der Waals surface area contributed by atoms with Crippen molar-refractivity contribution in [2.75, 3.05) is 7.11 Å². The van der Waals surface area contributed by atoms with Crippen molar-refractivity contribution in [1.29, 1.82) is 5.26 Å². The Balaban J connectivity index is 3.46. The Morgan fingerprint density at radius 3 is 2.11 bits per heavy atom. The van der Waals surface area contributed by atoms with E-state index in [-0.39, 0.29) is 6.07 Å². The number of halogens is 6. The minimum Gasteiger partial charge on any atom is -0.480 e. The van der Waals surface area contributed by atoms with E-state index < -0.39 is 35.4 Å². The number of pyridine rings is 1. The lowest BCUT2D eigenvalue weighted by atomic mass is 10.2. The third-order valence-corrected chi connectivity index (χ3v) is 1.78. The van der Waals surface area contributed by atoms with Crippen molar-refractivity contribution in [2.45, 2.75) is 12.5 Å². The molecule has 0 amide bonds. The lowest BCUT2D eigenvalue weighted by molar-refractivity contribution is -0.277. The van der Waals surface area contributed by atoms with Crippen molar-refractivity contribution >= 4 is 0 Å². The van der Waals surface area contributed by atoms with Crippen LogP contribution in [-0.4, -0.2) is 18.5 Å². The molecule has 4 nitrogen and oxygen atoms in total. The summed E-state index contributed by atoms with van der Waals surface area (Å²) in [5.41, 5.74) is -2.48. The number of nitrogens with zero attached hydrogens (tertiary/aromatic N) is 2. The van der Waals surface area contributed by atoms with E-state index in [2.05, 4.69) is 14.5 Å². The summed E-state index contributed by atoms with van der Waals surface area (Å²) in [6.45, 7) is 0. The maximum Gasteiger partial charge on any atom is 0.574 e. The molecular formula is C9H4F6N2O2. The molecule has 0 fully saturated rings. The van der Waals surface area contributed by atoms with Crippen molar-refractivity contribution in [3.63, 3.8) is 0 Å². The molecule has 0 aromatic carbocycles. The molecule has 0 radical (unpaired) electrons. The highest BCUT2D eigenvalue weighted by Gasteiger charge is 2.41. The van der Waals surface area contributed by atoms with Gasteiger partial charge in [0.05, 0.1) is 7.11 Å². The van der Waals surface area contributed by atoms with Crippen LogP contribution in [-0.2, 0) is 6.18 Å². The molecule has 0 aliphatic carbocycles. The van der Waals surface area contributed by atoms with Crippen molar-refractivity contribution in [3.8, 4) is 17.8 Å². The van der Waals surface area contributed by atoms with Crippen LogP contribution in [0.4, 0.5) is 26.3 Å². The highest BCUT2D eigenvalue weighted by atomic mass is 19.4. The van der Waals surface area contributed by atoms with Gasteiger partial charge in [-0.3, -0.25) is 0 Å². The number of rotatable bonds is 2. The number of hydrogen-bond acceptors (Lipinski definition) is 4. The molecule has 1 heterocycles. The van der Waals surface area contributed by atoms with Gasteiger partial charge in [-0.1, -0.05) is 0 Å². The smallest absolute Gasteiger partial charge is 0.480 e. The first-order valence-electron chi connectivity index (χ1n) is 4.40. The second-order valence-corrected chi connectivity index (χ2v) is 3.06. The van der Waals surface area contributed by atoms with Gasteiger partial charge in [-0.25, -0.2) is 0 Å². The lowest BCUT2D eigenvalue weighted by Crippen LogP contribution is -2.21. The maximum atomic E-state index is 12.5. The van der Waals surface area contributed by atoms with E-state index in [9.17, 15) is 26.3 Å². The summed E-state index contributed by atoms with van der Waals surface area (Å²) in [4.78, 5) is 2.91. The number of alkyl halides is 6. The summed E-state index contributed by atoms with van der Waals surface area (Å²) in [7, 11) is 0.938. The van der Waals surface area contributed by atoms with Crippen LogP contribution in [0.3, 0.4) is 0 Å². The molecule has 1 rings (SSSR count). The second-order valence-electron chi connectivity index (χ2n) is 3.06. The highest BCUT2D eigenvalue weighted by molar-refractivity contribution is 5.46. The summed E-state index contributed by atoms with van der Waals surface area (Å²) >= 11 is 0. The number of methoxy groups -OCH3 is 1. The van der Waals surface area contributed by atoms with Crippen LogP contribution in [0.2, 0.25) is 0 Å². The number of hydrogen-bond donors (Lipinski definition) is 0. The van der Waals surface area contributed by atoms with Gasteiger partial charge in [0, 0.05) is 0 Å². The SMILES string of the molecule is COc1nc(OC(F)(F)F)c(C(F)(F)F)cc1C#N. The Labute approximate surface area is 102 Å². The maximum absolute atomic E-state index is 12.5. The minimum atomic E-state index is -5.35. The largest absolute Gasteiger partial charge is 0.574 e. The van der Waals surface area contributed by atoms with Crippen molar-refractivity contribution in [2.24, 2.45) is 0 Å². The van der Waals surface area contributed by atoms with Gasteiger partial charge < -0.3 is 9.47 Å². The fourth-order valence-electron chi connectivity index (χ4n) is 1.11. The van der Waals surface area contributed by atoms with E-state index in [0.29, 0.717) is 0 Å². The number of nitriles is 1. The predicted molar refractivity (Wildman–Crippen MR) is 47.2 cm³/mol. The molecule has 0 aliphatic heterocycles. The van der Waals surface area contributed by atoms with Gasteiger partial charge in [-0.05, 0) is 6.07 Å². The number of aromatic nitrogens is 1. The Bertz CT molecular complexity index is 517. The molecule has 1 aromatic rings. The molecular weight excluding hydrogens is 282 g/mol. The van der Waals surface area contributed by atoms with Crippen LogP contribution < -0.4 is 9.47 Å². The third-order valence-electron chi connectivity index (χ3n) is 1.78. The first-order chi connectivity index (χ1) is 8.58. The molecule has 0 N–H and O–H groups in total. The van der Waals surface area contributed by atoms with Gasteiger partial charge >= 0.3 is 12.5 Å². The van der Waals surface area contributed by atoms with Gasteiger partial charge in [-0.15, -0.1) is 13.2 Å². The van der Waals surface area contributed by atoms with Gasteiger partial charge in [0.25, 0.3) is 0 Å². The Hall–Kier alpha value is -2.18. The van der Waals surface area contributed by atoms with Gasteiger partial charge in [0.15, 0.2) is 0 Å². The van der Waals surface area contributed by atoms with Gasteiger partial charge in [0.2, 0.25) is 11.8 Å². The fraction of sp³-hybridized carbons (Fsp3) is 0.333. The van der Waals surface area contributed by atoms with E-state index in [1.165, 1.54) is 6.07 Å². The average molecular weight is 286 g/mol. The van der Waals surface area contributed by atoms with Crippen molar-refractivity contribution in [3.05, 3.63) is 17.2 Å². The van der Waals surface area contributed by atoms with Crippen LogP contribution in [0, 0.1) is 11.3 Å². The van der Waals surface area contributed by atoms with Crippen LogP contribution in [0.1, 0.15) is 11.1 Å². The topological polar surface area (TPSA) is 55.1 Å². The summed E-state index contributed by atoms with van der Waals surface area (Å²) in [6.07, 6.45) is -10.5. The molecule has 10 heteroatoms. The summed E-state index contributed by atoms with van der Waals surface area (Å²) < 4.78 is 81.2. The third kappa shape index (κ3) is 3.64. The zero-order valence-electron chi connectivity index (χ0n) is 9.06. The molecule has 0 unspecified atom stereocenters. The highest BCUT2D eigenvalue weighted by Crippen LogP contribution is 2.39. The van der Waals surface area contributed by atoms with Crippen LogP contribution >= 0.6 is 0 Å². The first-order valence-corrected chi connectivity index (χ1v) is 4.40. The molecule has 1 aromatic heterocycles. The molecule has 104 valence electrons. The van der Waals surface area contributed by atoms with Crippen molar-refractivity contribution in [1.82, 2.24) is 4.98 Å². The van der Waals surface area contributed by atoms with E-state index in [1.54, 1.807) is 0 Å². The molecule has 0 saturated heterocycles. The summed E-state index contributed by atoms with van der Waals surface area (Å²) in [6, 6.07) is 1.50. The first kappa shape index (κ1) is 14.9. The van der Waals surface area contributed by atoms with E-state index in [0.717, 1.165) is 7.11 Å². The normalized spacial score (nSPS) is 11.9. The number of ether oxygens (including phenoxy) is 2. The molecule has 0 atom stereocenters. The van der Waals surface area contributed by atoms with E-state index in [1.807, 2.05) is 0 Å². The monoisotopic (exact) mass is 286 g/mol. The van der Waals surface area contributed by atoms with Gasteiger partial charge in [-0.2, -0.15) is 23.4 Å². The Morgan fingerprint density at radius 2 is 1.74 bits per heavy atom. The van der Waals surface area contributed by atoms with Crippen LogP contribution in [0.5, 0.6) is 11.8 Å². The standard InChI is InChI=1S/C9H4F6N2O2/c1-18-6-4(3-16)2-5(8(10,11)12)7(17-6)19-9(13,14)15/h2H,1H3. The molecule has 0 bridgehead atoms.